The molecule has 2 amide bonds. The lowest BCUT2D eigenvalue weighted by atomic mass is 10.2. The predicted octanol–water partition coefficient (Wildman–Crippen LogP) is 5.78. The Morgan fingerprint density at radius 3 is 2.26 bits per heavy atom. The zero-order valence-corrected chi connectivity index (χ0v) is 21.5. The van der Waals surface area contributed by atoms with E-state index in [4.69, 9.17) is 0 Å². The van der Waals surface area contributed by atoms with Gasteiger partial charge in [0.1, 0.15) is 11.0 Å². The molecule has 0 aliphatic carbocycles. The third kappa shape index (κ3) is 6.13. The maximum Gasteiger partial charge on any atom is 0.247 e. The standard InChI is InChI=1S/C24H18Br2N4O3S/c25-16-3-1-15(2-4-16)14-27-29-24-30(19-9-11-20(31)12-10-19)23(33)21(34-24)13-22(32)28-18-7-5-17(26)6-8-18/h1-12,14,21,31H,13H2,(H,28,32)/b27-14-,29-24+/t21-/m0/s1. The summed E-state index contributed by atoms with van der Waals surface area (Å²) in [4.78, 5) is 27.2. The third-order valence-corrected chi connectivity index (χ3v) is 6.95. The van der Waals surface area contributed by atoms with Crippen LogP contribution in [-0.2, 0) is 9.59 Å². The van der Waals surface area contributed by atoms with Crippen LogP contribution in [0, 0.1) is 0 Å². The van der Waals surface area contributed by atoms with Crippen LogP contribution in [0.3, 0.4) is 0 Å². The summed E-state index contributed by atoms with van der Waals surface area (Å²) in [7, 11) is 0. The van der Waals surface area contributed by atoms with E-state index < -0.39 is 5.25 Å². The summed E-state index contributed by atoms with van der Waals surface area (Å²) in [6, 6.07) is 21.0. The monoisotopic (exact) mass is 600 g/mol. The van der Waals surface area contributed by atoms with E-state index in [0.717, 1.165) is 14.5 Å². The molecule has 34 heavy (non-hydrogen) atoms. The molecule has 1 heterocycles. The molecule has 10 heteroatoms. The van der Waals surface area contributed by atoms with Crippen LogP contribution in [0.15, 0.2) is 91.9 Å². The molecule has 1 atom stereocenters. The smallest absolute Gasteiger partial charge is 0.247 e. The first-order valence-corrected chi connectivity index (χ1v) is 12.6. The fourth-order valence-electron chi connectivity index (χ4n) is 3.11. The van der Waals surface area contributed by atoms with Gasteiger partial charge in [-0.05, 0) is 66.2 Å². The van der Waals surface area contributed by atoms with Crippen LogP contribution in [0.2, 0.25) is 0 Å². The Morgan fingerprint density at radius 2 is 1.62 bits per heavy atom. The van der Waals surface area contributed by atoms with Crippen molar-refractivity contribution in [2.75, 3.05) is 10.2 Å². The van der Waals surface area contributed by atoms with Gasteiger partial charge in [0, 0.05) is 21.1 Å². The van der Waals surface area contributed by atoms with Crippen molar-refractivity contribution >= 4 is 78.2 Å². The number of amides is 2. The van der Waals surface area contributed by atoms with E-state index in [9.17, 15) is 14.7 Å². The molecule has 1 aliphatic heterocycles. The number of aromatic hydroxyl groups is 1. The van der Waals surface area contributed by atoms with Gasteiger partial charge in [-0.15, -0.1) is 5.10 Å². The molecule has 3 aromatic rings. The first-order valence-electron chi connectivity index (χ1n) is 10.1. The molecular formula is C24H18Br2N4O3S. The number of rotatable bonds is 6. The molecule has 0 aromatic heterocycles. The Balaban J connectivity index is 1.53. The Morgan fingerprint density at radius 1 is 1.00 bits per heavy atom. The van der Waals surface area contributed by atoms with Crippen LogP contribution in [0.5, 0.6) is 5.75 Å². The number of amidine groups is 1. The van der Waals surface area contributed by atoms with E-state index in [1.807, 2.05) is 36.4 Å². The molecule has 7 nitrogen and oxygen atoms in total. The van der Waals surface area contributed by atoms with Crippen LogP contribution < -0.4 is 10.2 Å². The highest BCUT2D eigenvalue weighted by Gasteiger charge is 2.40. The minimum Gasteiger partial charge on any atom is -0.508 e. The molecule has 0 radical (unpaired) electrons. The maximum absolute atomic E-state index is 13.2. The van der Waals surface area contributed by atoms with Crippen molar-refractivity contribution in [2.45, 2.75) is 11.7 Å². The van der Waals surface area contributed by atoms with Crippen molar-refractivity contribution in [2.24, 2.45) is 10.2 Å². The molecule has 3 aromatic carbocycles. The highest BCUT2D eigenvalue weighted by atomic mass is 79.9. The van der Waals surface area contributed by atoms with E-state index >= 15 is 0 Å². The van der Waals surface area contributed by atoms with Crippen molar-refractivity contribution in [3.05, 3.63) is 87.3 Å². The molecule has 0 unspecified atom stereocenters. The van der Waals surface area contributed by atoms with Gasteiger partial charge in [0.15, 0.2) is 5.17 Å². The van der Waals surface area contributed by atoms with E-state index in [2.05, 4.69) is 47.4 Å². The van der Waals surface area contributed by atoms with Gasteiger partial charge in [-0.2, -0.15) is 5.10 Å². The zero-order chi connectivity index (χ0) is 24.1. The lowest BCUT2D eigenvalue weighted by Crippen LogP contribution is -2.33. The lowest BCUT2D eigenvalue weighted by Gasteiger charge is -2.16. The maximum atomic E-state index is 13.2. The van der Waals surface area contributed by atoms with Gasteiger partial charge in [0.2, 0.25) is 11.8 Å². The topological polar surface area (TPSA) is 94.4 Å². The van der Waals surface area contributed by atoms with Gasteiger partial charge < -0.3 is 10.4 Å². The quantitative estimate of drug-likeness (QED) is 0.276. The average molecular weight is 602 g/mol. The highest BCUT2D eigenvalue weighted by molar-refractivity contribution is 9.10. The summed E-state index contributed by atoms with van der Waals surface area (Å²) in [6.45, 7) is 0. The second-order valence-electron chi connectivity index (χ2n) is 7.23. The van der Waals surface area contributed by atoms with Gasteiger partial charge in [0.05, 0.1) is 11.9 Å². The number of thioether (sulfide) groups is 1. The highest BCUT2D eigenvalue weighted by Crippen LogP contribution is 2.34. The second kappa shape index (κ2) is 11.0. The number of nitrogens with one attached hydrogen (secondary N) is 1. The number of halogens is 2. The van der Waals surface area contributed by atoms with Gasteiger partial charge in [0.25, 0.3) is 0 Å². The number of nitrogens with zero attached hydrogens (tertiary/aromatic N) is 3. The van der Waals surface area contributed by atoms with Crippen molar-refractivity contribution in [3.8, 4) is 5.75 Å². The molecule has 4 rings (SSSR count). The predicted molar refractivity (Wildman–Crippen MR) is 144 cm³/mol. The minimum atomic E-state index is -0.661. The number of anilines is 2. The summed E-state index contributed by atoms with van der Waals surface area (Å²) >= 11 is 7.93. The number of hydrogen-bond donors (Lipinski definition) is 2. The molecule has 1 fully saturated rings. The summed E-state index contributed by atoms with van der Waals surface area (Å²) in [6.07, 6.45) is 1.57. The molecule has 0 spiro atoms. The van der Waals surface area contributed by atoms with Gasteiger partial charge in [-0.1, -0.05) is 55.8 Å². The number of hydrogen-bond acceptors (Lipinski definition) is 6. The van der Waals surface area contributed by atoms with E-state index in [1.54, 1.807) is 30.5 Å². The second-order valence-corrected chi connectivity index (χ2v) is 10.2. The van der Waals surface area contributed by atoms with Crippen LogP contribution in [0.1, 0.15) is 12.0 Å². The molecule has 2 N–H and O–H groups in total. The third-order valence-electron chi connectivity index (χ3n) is 4.76. The Labute approximate surface area is 217 Å². The number of carbonyl (C=O) groups excluding carboxylic acids is 2. The first-order chi connectivity index (χ1) is 16.4. The van der Waals surface area contributed by atoms with Crippen LogP contribution in [0.4, 0.5) is 11.4 Å². The fraction of sp³-hybridized carbons (Fsp3) is 0.0833. The Hall–Kier alpha value is -2.95. The average Bonchev–Trinajstić information content (AvgIpc) is 3.12. The Kier molecular flexibility index (Phi) is 7.81. The molecular weight excluding hydrogens is 584 g/mol. The van der Waals surface area contributed by atoms with Crippen molar-refractivity contribution in [3.63, 3.8) is 0 Å². The fourth-order valence-corrected chi connectivity index (χ4v) is 4.73. The SMILES string of the molecule is O=C(C[C@@H]1S/C(=N/N=C\c2ccc(Br)cc2)N(c2ccc(O)cc2)C1=O)Nc1ccc(Br)cc1. The van der Waals surface area contributed by atoms with Crippen LogP contribution in [0.25, 0.3) is 0 Å². The molecule has 1 aliphatic rings. The van der Waals surface area contributed by atoms with Crippen molar-refractivity contribution in [1.29, 1.82) is 0 Å². The number of benzene rings is 3. The van der Waals surface area contributed by atoms with Crippen LogP contribution in [-0.4, -0.2) is 33.6 Å². The number of phenolic OH excluding ortho intramolecular Hbond substituents is 1. The summed E-state index contributed by atoms with van der Waals surface area (Å²) < 4.78 is 1.86. The zero-order valence-electron chi connectivity index (χ0n) is 17.6. The molecule has 172 valence electrons. The summed E-state index contributed by atoms with van der Waals surface area (Å²) in [5.41, 5.74) is 2.03. The van der Waals surface area contributed by atoms with Crippen LogP contribution >= 0.6 is 43.6 Å². The van der Waals surface area contributed by atoms with Crippen molar-refractivity contribution < 1.29 is 14.7 Å². The van der Waals surface area contributed by atoms with Crippen molar-refractivity contribution in [1.82, 2.24) is 0 Å². The minimum absolute atomic E-state index is 0.0242. The van der Waals surface area contributed by atoms with Gasteiger partial charge in [-0.3, -0.25) is 14.5 Å². The first kappa shape index (κ1) is 24.2. The number of phenols is 1. The van der Waals surface area contributed by atoms with E-state index in [-0.39, 0.29) is 24.0 Å². The number of carbonyl (C=O) groups is 2. The molecule has 0 saturated carbocycles. The molecule has 0 bridgehead atoms. The Bertz CT molecular complexity index is 1250. The summed E-state index contributed by atoms with van der Waals surface area (Å²) in [5, 5.41) is 20.5. The normalized spacial score (nSPS) is 17.0. The molecule has 1 saturated heterocycles. The van der Waals surface area contributed by atoms with Gasteiger partial charge in [-0.25, -0.2) is 0 Å². The largest absolute Gasteiger partial charge is 0.508 e. The van der Waals surface area contributed by atoms with E-state index in [1.165, 1.54) is 28.8 Å². The van der Waals surface area contributed by atoms with E-state index in [0.29, 0.717) is 16.5 Å². The van der Waals surface area contributed by atoms with Gasteiger partial charge >= 0.3 is 0 Å². The lowest BCUT2D eigenvalue weighted by molar-refractivity contribution is -0.121. The summed E-state index contributed by atoms with van der Waals surface area (Å²) in [5.74, 6) is -0.474.